The summed E-state index contributed by atoms with van der Waals surface area (Å²) in [5.74, 6) is 2.55. The number of rotatable bonds is 10. The Hall–Kier alpha value is -2.33. The van der Waals surface area contributed by atoms with Crippen LogP contribution in [0, 0.1) is 6.92 Å². The molecule has 0 radical (unpaired) electrons. The van der Waals surface area contributed by atoms with Crippen LogP contribution in [0.2, 0.25) is 0 Å². The number of para-hydroxylation sites is 2. The van der Waals surface area contributed by atoms with Crippen molar-refractivity contribution in [2.24, 2.45) is 0 Å². The Balaban J connectivity index is 1.59. The lowest BCUT2D eigenvalue weighted by atomic mass is 10.0. The number of ether oxygens (including phenoxy) is 1. The minimum absolute atomic E-state index is 0.200. The number of unbranched alkanes of at least 4 members (excludes halogenated alkanes) is 1. The topological polar surface area (TPSA) is 47.3 Å². The van der Waals surface area contributed by atoms with Crippen LogP contribution in [0.1, 0.15) is 56.0 Å². The number of aliphatic hydroxyl groups excluding tert-OH is 1. The molecule has 4 heteroatoms. The van der Waals surface area contributed by atoms with Gasteiger partial charge in [-0.1, -0.05) is 38.1 Å². The molecule has 1 aromatic heterocycles. The summed E-state index contributed by atoms with van der Waals surface area (Å²) in [6, 6.07) is 14.7. The Labute approximate surface area is 168 Å². The third-order valence-electron chi connectivity index (χ3n) is 5.12. The fourth-order valence-corrected chi connectivity index (χ4v) is 3.60. The van der Waals surface area contributed by atoms with Gasteiger partial charge in [0.05, 0.1) is 17.6 Å². The minimum atomic E-state index is 0.200. The van der Waals surface area contributed by atoms with Crippen molar-refractivity contribution in [3.05, 3.63) is 59.4 Å². The predicted octanol–water partition coefficient (Wildman–Crippen LogP) is 5.25. The van der Waals surface area contributed by atoms with Gasteiger partial charge in [-0.05, 0) is 61.4 Å². The van der Waals surface area contributed by atoms with Gasteiger partial charge < -0.3 is 14.4 Å². The van der Waals surface area contributed by atoms with E-state index in [2.05, 4.69) is 61.7 Å². The Morgan fingerprint density at radius 3 is 2.68 bits per heavy atom. The van der Waals surface area contributed by atoms with E-state index in [0.29, 0.717) is 5.92 Å². The van der Waals surface area contributed by atoms with Gasteiger partial charge in [-0.15, -0.1) is 0 Å². The minimum Gasteiger partial charge on any atom is -0.493 e. The molecule has 0 spiro atoms. The molecule has 2 aromatic carbocycles. The number of aliphatic hydroxyl groups is 1. The second-order valence-electron chi connectivity index (χ2n) is 7.75. The third-order valence-corrected chi connectivity index (χ3v) is 5.12. The smallest absolute Gasteiger partial charge is 0.122 e. The van der Waals surface area contributed by atoms with Crippen LogP contribution in [0.3, 0.4) is 0 Å². The van der Waals surface area contributed by atoms with Gasteiger partial charge in [-0.3, -0.25) is 0 Å². The summed E-state index contributed by atoms with van der Waals surface area (Å²) in [7, 11) is 0. The quantitative estimate of drug-likeness (QED) is 0.489. The van der Waals surface area contributed by atoms with Crippen molar-refractivity contribution in [1.29, 1.82) is 0 Å². The van der Waals surface area contributed by atoms with Gasteiger partial charge in [0.15, 0.2) is 0 Å². The Morgan fingerprint density at radius 2 is 1.89 bits per heavy atom. The molecule has 0 saturated heterocycles. The molecule has 3 rings (SSSR count). The molecule has 0 bridgehead atoms. The zero-order chi connectivity index (χ0) is 19.9. The first-order valence-corrected chi connectivity index (χ1v) is 10.4. The summed E-state index contributed by atoms with van der Waals surface area (Å²) in [6.45, 7) is 8.36. The van der Waals surface area contributed by atoms with Crippen LogP contribution in [0.25, 0.3) is 11.0 Å². The number of imidazole rings is 1. The number of aryl methyl sites for hydroxylation is 3. The largest absolute Gasteiger partial charge is 0.493 e. The Kier molecular flexibility index (Phi) is 7.10. The number of fused-ring (bicyclic) bond motifs is 1. The van der Waals surface area contributed by atoms with E-state index in [1.54, 1.807) is 0 Å². The maximum Gasteiger partial charge on any atom is 0.122 e. The zero-order valence-electron chi connectivity index (χ0n) is 17.3. The van der Waals surface area contributed by atoms with Crippen molar-refractivity contribution in [2.45, 2.75) is 58.9 Å². The number of nitrogens with zero attached hydrogens (tertiary/aromatic N) is 2. The van der Waals surface area contributed by atoms with Crippen LogP contribution in [0.15, 0.2) is 42.5 Å². The lowest BCUT2D eigenvalue weighted by molar-refractivity contribution is 0.286. The Morgan fingerprint density at radius 1 is 1.07 bits per heavy atom. The molecule has 0 fully saturated rings. The second-order valence-corrected chi connectivity index (χ2v) is 7.75. The number of aromatic nitrogens is 2. The monoisotopic (exact) mass is 380 g/mol. The summed E-state index contributed by atoms with van der Waals surface area (Å²) in [6.07, 6.45) is 3.59. The molecular weight excluding hydrogens is 348 g/mol. The zero-order valence-corrected chi connectivity index (χ0v) is 17.3. The highest BCUT2D eigenvalue weighted by Crippen LogP contribution is 2.27. The van der Waals surface area contributed by atoms with Gasteiger partial charge in [-0.2, -0.15) is 0 Å². The van der Waals surface area contributed by atoms with Crippen LogP contribution < -0.4 is 4.74 Å². The van der Waals surface area contributed by atoms with Gasteiger partial charge in [-0.25, -0.2) is 4.98 Å². The summed E-state index contributed by atoms with van der Waals surface area (Å²) in [5.41, 5.74) is 4.72. The highest BCUT2D eigenvalue weighted by atomic mass is 16.5. The van der Waals surface area contributed by atoms with Crippen LogP contribution in [0.5, 0.6) is 5.75 Å². The maximum absolute atomic E-state index is 9.17. The first-order chi connectivity index (χ1) is 13.6. The fourth-order valence-electron chi connectivity index (χ4n) is 3.60. The molecule has 0 aliphatic heterocycles. The number of hydrogen-bond donors (Lipinski definition) is 1. The molecule has 0 saturated carbocycles. The van der Waals surface area contributed by atoms with Gasteiger partial charge in [0.25, 0.3) is 0 Å². The molecule has 28 heavy (non-hydrogen) atoms. The van der Waals surface area contributed by atoms with E-state index in [9.17, 15) is 5.11 Å². The fraction of sp³-hybridized carbons (Fsp3) is 0.458. The average Bonchev–Trinajstić information content (AvgIpc) is 3.03. The molecule has 0 aliphatic carbocycles. The van der Waals surface area contributed by atoms with E-state index < -0.39 is 0 Å². The molecule has 0 atom stereocenters. The van der Waals surface area contributed by atoms with Gasteiger partial charge >= 0.3 is 0 Å². The highest BCUT2D eigenvalue weighted by Gasteiger charge is 2.11. The lowest BCUT2D eigenvalue weighted by Crippen LogP contribution is -2.07. The van der Waals surface area contributed by atoms with E-state index in [1.807, 2.05) is 6.07 Å². The number of benzene rings is 2. The lowest BCUT2D eigenvalue weighted by Gasteiger charge is -2.15. The van der Waals surface area contributed by atoms with Crippen LogP contribution >= 0.6 is 0 Å². The molecule has 0 unspecified atom stereocenters. The van der Waals surface area contributed by atoms with Crippen molar-refractivity contribution in [3.63, 3.8) is 0 Å². The van der Waals surface area contributed by atoms with Crippen molar-refractivity contribution in [3.8, 4) is 5.75 Å². The van der Waals surface area contributed by atoms with Crippen LogP contribution in [-0.2, 0) is 13.0 Å². The molecule has 1 N–H and O–H groups in total. The predicted molar refractivity (Wildman–Crippen MR) is 115 cm³/mol. The normalized spacial score (nSPS) is 11.5. The Bertz CT molecular complexity index is 899. The first kappa shape index (κ1) is 20.4. The standard InChI is InChI=1S/C24H32N2O2/c1-18(2)20-13-12-19(3)17-23(20)28-16-7-6-14-26-22-10-5-4-9-21(22)25-24(26)11-8-15-27/h4-5,9-10,12-13,17-18,27H,6-8,11,14-16H2,1-3H3. The molecule has 3 aromatic rings. The van der Waals surface area contributed by atoms with E-state index >= 15 is 0 Å². The maximum atomic E-state index is 9.17. The van der Waals surface area contributed by atoms with Crippen LogP contribution in [0.4, 0.5) is 0 Å². The third kappa shape index (κ3) is 4.93. The highest BCUT2D eigenvalue weighted by molar-refractivity contribution is 5.75. The molecule has 4 nitrogen and oxygen atoms in total. The molecule has 150 valence electrons. The van der Waals surface area contributed by atoms with Crippen molar-refractivity contribution < 1.29 is 9.84 Å². The van der Waals surface area contributed by atoms with Gasteiger partial charge in [0.1, 0.15) is 11.6 Å². The summed E-state index contributed by atoms with van der Waals surface area (Å²) in [5, 5.41) is 9.17. The molecular formula is C24H32N2O2. The average molecular weight is 381 g/mol. The van der Waals surface area contributed by atoms with Crippen molar-refractivity contribution in [2.75, 3.05) is 13.2 Å². The summed E-state index contributed by atoms with van der Waals surface area (Å²) in [4.78, 5) is 4.76. The van der Waals surface area contributed by atoms with E-state index in [0.717, 1.165) is 55.9 Å². The molecule has 0 amide bonds. The first-order valence-electron chi connectivity index (χ1n) is 10.4. The summed E-state index contributed by atoms with van der Waals surface area (Å²) < 4.78 is 8.43. The van der Waals surface area contributed by atoms with Crippen molar-refractivity contribution >= 4 is 11.0 Å². The van der Waals surface area contributed by atoms with Gasteiger partial charge in [0.2, 0.25) is 0 Å². The van der Waals surface area contributed by atoms with E-state index in [-0.39, 0.29) is 6.61 Å². The SMILES string of the molecule is Cc1ccc(C(C)C)c(OCCCCn2c(CCCO)nc3ccccc32)c1. The number of hydrogen-bond acceptors (Lipinski definition) is 3. The van der Waals surface area contributed by atoms with Gasteiger partial charge in [0, 0.05) is 19.6 Å². The second kappa shape index (κ2) is 9.74. The van der Waals surface area contributed by atoms with E-state index in [1.165, 1.54) is 16.6 Å². The summed E-state index contributed by atoms with van der Waals surface area (Å²) >= 11 is 0. The molecule has 0 aliphatic rings. The van der Waals surface area contributed by atoms with Crippen molar-refractivity contribution in [1.82, 2.24) is 9.55 Å². The van der Waals surface area contributed by atoms with E-state index in [4.69, 9.17) is 9.72 Å². The van der Waals surface area contributed by atoms with Crippen LogP contribution in [-0.4, -0.2) is 27.9 Å². The molecule has 1 heterocycles.